The lowest BCUT2D eigenvalue weighted by molar-refractivity contribution is 0.849. The molecular weight excluding hydrogens is 288 g/mol. The minimum Gasteiger partial charge on any atom is -0.320 e. The van der Waals surface area contributed by atoms with Crippen LogP contribution in [0.2, 0.25) is 0 Å². The molecule has 0 aliphatic carbocycles. The smallest absolute Gasteiger partial charge is 0.0569 e. The Kier molecular flexibility index (Phi) is 3.83. The van der Waals surface area contributed by atoms with Crippen molar-refractivity contribution in [3.05, 3.63) is 62.9 Å². The van der Waals surface area contributed by atoms with E-state index in [0.29, 0.717) is 0 Å². The number of hydrogen-bond acceptors (Lipinski definition) is 2. The van der Waals surface area contributed by atoms with Crippen molar-refractivity contribution in [1.82, 2.24) is 4.98 Å². The number of rotatable bonds is 2. The Morgan fingerprint density at radius 3 is 2.28 bits per heavy atom. The molecule has 0 spiro atoms. The normalized spacial score (nSPS) is 12.5. The van der Waals surface area contributed by atoms with Gasteiger partial charge in [0.15, 0.2) is 0 Å². The standard InChI is InChI=1S/C15H17BrN2/c1-9-4-5-18-8-13(9)15(17)12-6-10(2)14(16)11(3)7-12/h4-8,15H,17H2,1-3H3. The molecule has 0 amide bonds. The van der Waals surface area contributed by atoms with Crippen LogP contribution >= 0.6 is 15.9 Å². The van der Waals surface area contributed by atoms with Gasteiger partial charge in [0.1, 0.15) is 0 Å². The summed E-state index contributed by atoms with van der Waals surface area (Å²) in [4.78, 5) is 4.17. The largest absolute Gasteiger partial charge is 0.320 e. The summed E-state index contributed by atoms with van der Waals surface area (Å²) in [6.45, 7) is 6.24. The summed E-state index contributed by atoms with van der Waals surface area (Å²) < 4.78 is 1.15. The summed E-state index contributed by atoms with van der Waals surface area (Å²) in [7, 11) is 0. The first-order chi connectivity index (χ1) is 8.50. The summed E-state index contributed by atoms with van der Waals surface area (Å²) in [6.07, 6.45) is 3.65. The van der Waals surface area contributed by atoms with E-state index in [-0.39, 0.29) is 6.04 Å². The topological polar surface area (TPSA) is 38.9 Å². The van der Waals surface area contributed by atoms with Crippen molar-refractivity contribution in [2.45, 2.75) is 26.8 Å². The van der Waals surface area contributed by atoms with Crippen LogP contribution in [-0.4, -0.2) is 4.98 Å². The molecule has 1 heterocycles. The molecular formula is C15H17BrN2. The van der Waals surface area contributed by atoms with Crippen molar-refractivity contribution in [3.63, 3.8) is 0 Å². The van der Waals surface area contributed by atoms with E-state index in [9.17, 15) is 0 Å². The Morgan fingerprint density at radius 1 is 1.11 bits per heavy atom. The third-order valence-electron chi connectivity index (χ3n) is 3.23. The predicted molar refractivity (Wildman–Crippen MR) is 78.6 cm³/mol. The Bertz CT molecular complexity index is 555. The molecule has 0 aliphatic rings. The van der Waals surface area contributed by atoms with E-state index in [1.165, 1.54) is 16.7 Å². The van der Waals surface area contributed by atoms with Gasteiger partial charge in [-0.25, -0.2) is 0 Å². The zero-order chi connectivity index (χ0) is 13.3. The van der Waals surface area contributed by atoms with Crippen LogP contribution in [0.4, 0.5) is 0 Å². The maximum Gasteiger partial charge on any atom is 0.0569 e. The fourth-order valence-electron chi connectivity index (χ4n) is 2.14. The molecule has 0 saturated carbocycles. The van der Waals surface area contributed by atoms with Crippen LogP contribution in [0.3, 0.4) is 0 Å². The summed E-state index contributed by atoms with van der Waals surface area (Å²) in [5.41, 5.74) is 12.2. The number of halogens is 1. The number of aryl methyl sites for hydroxylation is 3. The van der Waals surface area contributed by atoms with Crippen molar-refractivity contribution in [3.8, 4) is 0 Å². The van der Waals surface area contributed by atoms with Crippen molar-refractivity contribution in [2.75, 3.05) is 0 Å². The summed E-state index contributed by atoms with van der Waals surface area (Å²) >= 11 is 3.58. The lowest BCUT2D eigenvalue weighted by atomic mass is 9.95. The fraction of sp³-hybridized carbons (Fsp3) is 0.267. The first-order valence-electron chi connectivity index (χ1n) is 5.93. The summed E-state index contributed by atoms with van der Waals surface area (Å²) in [5.74, 6) is 0. The van der Waals surface area contributed by atoms with E-state index in [2.05, 4.69) is 53.8 Å². The Balaban J connectivity index is 2.47. The SMILES string of the molecule is Cc1ccncc1C(N)c1cc(C)c(Br)c(C)c1. The van der Waals surface area contributed by atoms with Crippen LogP contribution in [0, 0.1) is 20.8 Å². The minimum absolute atomic E-state index is 0.121. The Hall–Kier alpha value is -1.19. The zero-order valence-corrected chi connectivity index (χ0v) is 12.5. The fourth-order valence-corrected chi connectivity index (χ4v) is 2.37. The van der Waals surface area contributed by atoms with Crippen LogP contribution in [0.5, 0.6) is 0 Å². The molecule has 2 aromatic rings. The first-order valence-corrected chi connectivity index (χ1v) is 6.72. The monoisotopic (exact) mass is 304 g/mol. The van der Waals surface area contributed by atoms with Gasteiger partial charge in [-0.2, -0.15) is 0 Å². The second kappa shape index (κ2) is 5.21. The van der Waals surface area contributed by atoms with E-state index in [1.807, 2.05) is 12.3 Å². The number of pyridine rings is 1. The molecule has 1 unspecified atom stereocenters. The first kappa shape index (κ1) is 13.2. The van der Waals surface area contributed by atoms with Gasteiger partial charge in [0.05, 0.1) is 6.04 Å². The van der Waals surface area contributed by atoms with Gasteiger partial charge in [-0.05, 0) is 54.7 Å². The lowest BCUT2D eigenvalue weighted by Gasteiger charge is -2.17. The second-order valence-electron chi connectivity index (χ2n) is 4.68. The number of nitrogens with zero attached hydrogens (tertiary/aromatic N) is 1. The highest BCUT2D eigenvalue weighted by Gasteiger charge is 2.13. The average Bonchev–Trinajstić information content (AvgIpc) is 2.35. The van der Waals surface area contributed by atoms with Crippen LogP contribution in [-0.2, 0) is 0 Å². The van der Waals surface area contributed by atoms with Gasteiger partial charge in [-0.15, -0.1) is 0 Å². The van der Waals surface area contributed by atoms with Crippen molar-refractivity contribution >= 4 is 15.9 Å². The molecule has 94 valence electrons. The Morgan fingerprint density at radius 2 is 1.72 bits per heavy atom. The van der Waals surface area contributed by atoms with Gasteiger partial charge in [0.2, 0.25) is 0 Å². The zero-order valence-electron chi connectivity index (χ0n) is 10.9. The highest BCUT2D eigenvalue weighted by atomic mass is 79.9. The van der Waals surface area contributed by atoms with Crippen molar-refractivity contribution < 1.29 is 0 Å². The molecule has 2 N–H and O–H groups in total. The number of benzene rings is 1. The van der Waals surface area contributed by atoms with E-state index < -0.39 is 0 Å². The summed E-state index contributed by atoms with van der Waals surface area (Å²) in [5, 5.41) is 0. The van der Waals surface area contributed by atoms with Gasteiger partial charge >= 0.3 is 0 Å². The highest BCUT2D eigenvalue weighted by Crippen LogP contribution is 2.28. The molecule has 3 heteroatoms. The van der Waals surface area contributed by atoms with E-state index in [0.717, 1.165) is 15.6 Å². The molecule has 0 aliphatic heterocycles. The molecule has 1 atom stereocenters. The van der Waals surface area contributed by atoms with Gasteiger partial charge in [0, 0.05) is 16.9 Å². The quantitative estimate of drug-likeness (QED) is 0.916. The maximum atomic E-state index is 6.35. The second-order valence-corrected chi connectivity index (χ2v) is 5.47. The molecule has 0 saturated heterocycles. The van der Waals surface area contributed by atoms with E-state index >= 15 is 0 Å². The maximum absolute atomic E-state index is 6.35. The minimum atomic E-state index is -0.121. The Labute approximate surface area is 116 Å². The van der Waals surface area contributed by atoms with E-state index in [4.69, 9.17) is 5.73 Å². The van der Waals surface area contributed by atoms with Gasteiger partial charge in [0.25, 0.3) is 0 Å². The molecule has 2 nitrogen and oxygen atoms in total. The van der Waals surface area contributed by atoms with Crippen molar-refractivity contribution in [2.24, 2.45) is 5.73 Å². The van der Waals surface area contributed by atoms with E-state index in [1.54, 1.807) is 6.20 Å². The molecule has 1 aromatic carbocycles. The van der Waals surface area contributed by atoms with Gasteiger partial charge in [-0.1, -0.05) is 28.1 Å². The van der Waals surface area contributed by atoms with Crippen LogP contribution < -0.4 is 5.73 Å². The molecule has 1 aromatic heterocycles. The number of hydrogen-bond donors (Lipinski definition) is 1. The lowest BCUT2D eigenvalue weighted by Crippen LogP contribution is -2.14. The third kappa shape index (κ3) is 2.47. The third-order valence-corrected chi connectivity index (χ3v) is 4.48. The number of aromatic nitrogens is 1. The van der Waals surface area contributed by atoms with Gasteiger partial charge in [-0.3, -0.25) is 4.98 Å². The predicted octanol–water partition coefficient (Wildman–Crippen LogP) is 3.82. The molecule has 0 radical (unpaired) electrons. The van der Waals surface area contributed by atoms with Crippen LogP contribution in [0.1, 0.15) is 33.9 Å². The van der Waals surface area contributed by atoms with Gasteiger partial charge < -0.3 is 5.73 Å². The molecule has 0 fully saturated rings. The highest BCUT2D eigenvalue weighted by molar-refractivity contribution is 9.10. The molecule has 2 rings (SSSR count). The molecule has 18 heavy (non-hydrogen) atoms. The molecule has 0 bridgehead atoms. The van der Waals surface area contributed by atoms with Crippen LogP contribution in [0.15, 0.2) is 35.1 Å². The van der Waals surface area contributed by atoms with Crippen LogP contribution in [0.25, 0.3) is 0 Å². The van der Waals surface area contributed by atoms with Crippen molar-refractivity contribution in [1.29, 1.82) is 0 Å². The average molecular weight is 305 g/mol. The number of nitrogens with two attached hydrogens (primary N) is 1. The summed E-state index contributed by atoms with van der Waals surface area (Å²) in [6, 6.07) is 6.14.